The fourth-order valence-corrected chi connectivity index (χ4v) is 7.34. The van der Waals surface area contributed by atoms with E-state index in [1.807, 2.05) is 19.0 Å². The van der Waals surface area contributed by atoms with Crippen LogP contribution in [0.1, 0.15) is 12.8 Å². The summed E-state index contributed by atoms with van der Waals surface area (Å²) < 4.78 is 41.7. The Morgan fingerprint density at radius 3 is 2.58 bits per heavy atom. The van der Waals surface area contributed by atoms with E-state index in [4.69, 9.17) is 0 Å². The largest absolute Gasteiger partial charge is 1.00 e. The lowest BCUT2D eigenvalue weighted by Crippen LogP contribution is -3.00. The predicted octanol–water partition coefficient (Wildman–Crippen LogP) is 0.496. The summed E-state index contributed by atoms with van der Waals surface area (Å²) in [6.45, 7) is 1.73. The van der Waals surface area contributed by atoms with Crippen molar-refractivity contribution in [2.24, 2.45) is 5.92 Å². The third kappa shape index (κ3) is 5.72. The fraction of sp³-hybridized carbons (Fsp3) is 0.429. The normalized spacial score (nSPS) is 15.6. The van der Waals surface area contributed by atoms with Crippen LogP contribution in [0.5, 0.6) is 0 Å². The Hall–Kier alpha value is -1.63. The van der Waals surface area contributed by atoms with Crippen LogP contribution in [-0.4, -0.2) is 68.8 Å². The number of hydrogen-bond donors (Lipinski definition) is 0. The smallest absolute Gasteiger partial charge is 0.252 e. The lowest BCUT2D eigenvalue weighted by molar-refractivity contribution is -0.123. The van der Waals surface area contributed by atoms with Gasteiger partial charge in [0.1, 0.15) is 10.0 Å². The van der Waals surface area contributed by atoms with Crippen molar-refractivity contribution in [2.75, 3.05) is 45.2 Å². The van der Waals surface area contributed by atoms with E-state index in [1.54, 1.807) is 28.5 Å². The van der Waals surface area contributed by atoms with Crippen LogP contribution in [0.25, 0.3) is 10.2 Å². The zero-order valence-electron chi connectivity index (χ0n) is 18.3. The van der Waals surface area contributed by atoms with Gasteiger partial charge in [-0.25, -0.2) is 17.8 Å². The van der Waals surface area contributed by atoms with Crippen LogP contribution in [0.15, 0.2) is 39.9 Å². The molecular formula is C21H25ClFN4O3S3-. The lowest BCUT2D eigenvalue weighted by atomic mass is 9.96. The minimum atomic E-state index is -3.51. The molecule has 7 nitrogen and oxygen atoms in total. The highest BCUT2D eigenvalue weighted by atomic mass is 35.5. The SMILES string of the molecule is CN(C)CCN(C(=O)C1CCN(S(=O)(=O)c2cccs2)CC1)c1nc2ccc(F)cc2s1.[Cl-]. The molecule has 3 heterocycles. The maximum Gasteiger partial charge on any atom is 0.252 e. The number of hydrogen-bond acceptors (Lipinski definition) is 7. The number of benzene rings is 1. The molecule has 1 saturated heterocycles. The lowest BCUT2D eigenvalue weighted by Gasteiger charge is -2.33. The summed E-state index contributed by atoms with van der Waals surface area (Å²) in [5, 5.41) is 2.29. The first-order chi connectivity index (χ1) is 15.3. The number of aromatic nitrogens is 1. The second-order valence-electron chi connectivity index (χ2n) is 8.01. The second-order valence-corrected chi connectivity index (χ2v) is 12.1. The molecule has 1 aliphatic rings. The second kappa shape index (κ2) is 10.7. The van der Waals surface area contributed by atoms with Gasteiger partial charge in [-0.15, -0.1) is 11.3 Å². The van der Waals surface area contributed by atoms with Gasteiger partial charge in [0, 0.05) is 32.1 Å². The van der Waals surface area contributed by atoms with E-state index >= 15 is 0 Å². The molecule has 3 aromatic rings. The molecule has 12 heteroatoms. The van der Waals surface area contributed by atoms with Gasteiger partial charge in [0.05, 0.1) is 10.2 Å². The molecule has 0 radical (unpaired) electrons. The van der Waals surface area contributed by atoms with Crippen molar-refractivity contribution in [1.29, 1.82) is 0 Å². The Bertz CT molecular complexity index is 1190. The van der Waals surface area contributed by atoms with Crippen LogP contribution in [0.4, 0.5) is 9.52 Å². The van der Waals surface area contributed by atoms with Crippen LogP contribution in [0, 0.1) is 11.7 Å². The highest BCUT2D eigenvalue weighted by Crippen LogP contribution is 2.32. The average molecular weight is 532 g/mol. The molecule has 4 rings (SSSR count). The van der Waals surface area contributed by atoms with Gasteiger partial charge in [-0.3, -0.25) is 9.69 Å². The molecule has 1 fully saturated rings. The molecule has 0 bridgehead atoms. The first-order valence-corrected chi connectivity index (χ1v) is 13.4. The molecule has 1 amide bonds. The van der Waals surface area contributed by atoms with Crippen molar-refractivity contribution in [1.82, 2.24) is 14.2 Å². The van der Waals surface area contributed by atoms with E-state index in [0.29, 0.717) is 58.6 Å². The van der Waals surface area contributed by atoms with Gasteiger partial charge in [0.25, 0.3) is 10.0 Å². The molecule has 0 N–H and O–H groups in total. The quantitative estimate of drug-likeness (QED) is 0.444. The third-order valence-corrected chi connectivity index (χ3v) is 9.81. The first-order valence-electron chi connectivity index (χ1n) is 10.3. The number of amides is 1. The number of piperidine rings is 1. The summed E-state index contributed by atoms with van der Waals surface area (Å²) in [6, 6.07) is 7.74. The van der Waals surface area contributed by atoms with Crippen LogP contribution < -0.4 is 17.3 Å². The number of carbonyl (C=O) groups excluding carboxylic acids is 1. The number of likely N-dealkylation sites (N-methyl/N-ethyl adjacent to an activating group) is 1. The molecule has 0 saturated carbocycles. The number of anilines is 1. The van der Waals surface area contributed by atoms with Gasteiger partial charge < -0.3 is 17.3 Å². The van der Waals surface area contributed by atoms with Gasteiger partial charge >= 0.3 is 0 Å². The van der Waals surface area contributed by atoms with E-state index in [1.165, 1.54) is 39.1 Å². The predicted molar refractivity (Wildman–Crippen MR) is 126 cm³/mol. The zero-order chi connectivity index (χ0) is 22.9. The average Bonchev–Trinajstić information content (AvgIpc) is 3.44. The van der Waals surface area contributed by atoms with Crippen LogP contribution >= 0.6 is 22.7 Å². The Labute approximate surface area is 207 Å². The van der Waals surface area contributed by atoms with Crippen molar-refractivity contribution in [2.45, 2.75) is 17.1 Å². The number of halogens is 2. The first kappa shape index (κ1) is 26.0. The van der Waals surface area contributed by atoms with Crippen molar-refractivity contribution in [3.63, 3.8) is 0 Å². The molecule has 0 unspecified atom stereocenters. The number of sulfonamides is 1. The van der Waals surface area contributed by atoms with Gasteiger partial charge in [-0.2, -0.15) is 4.31 Å². The molecule has 0 aliphatic carbocycles. The molecule has 180 valence electrons. The Kier molecular flexibility index (Phi) is 8.46. The standard InChI is InChI=1S/C21H25FN4O3S3.ClH/c1-24(2)11-12-26(21-23-17-6-5-16(22)14-18(17)31-21)20(27)15-7-9-25(10-8-15)32(28,29)19-4-3-13-30-19;/h3-6,13-15H,7-12H2,1-2H3;1H/p-1. The van der Waals surface area contributed by atoms with E-state index < -0.39 is 10.0 Å². The summed E-state index contributed by atoms with van der Waals surface area (Å²) in [5.74, 6) is -0.673. The fourth-order valence-electron chi connectivity index (χ4n) is 3.70. The zero-order valence-corrected chi connectivity index (χ0v) is 21.5. The van der Waals surface area contributed by atoms with Crippen molar-refractivity contribution >= 4 is 54.0 Å². The van der Waals surface area contributed by atoms with Gasteiger partial charge in [-0.1, -0.05) is 17.4 Å². The van der Waals surface area contributed by atoms with E-state index in [-0.39, 0.29) is 30.0 Å². The summed E-state index contributed by atoms with van der Waals surface area (Å²) in [5.41, 5.74) is 0.658. The topological polar surface area (TPSA) is 73.8 Å². The van der Waals surface area contributed by atoms with Gasteiger partial charge in [0.15, 0.2) is 5.13 Å². The van der Waals surface area contributed by atoms with E-state index in [2.05, 4.69) is 4.98 Å². The van der Waals surface area contributed by atoms with Crippen molar-refractivity contribution in [3.05, 3.63) is 41.5 Å². The highest BCUT2D eigenvalue weighted by Gasteiger charge is 2.35. The number of carbonyl (C=O) groups is 1. The number of thiophene rings is 1. The van der Waals surface area contributed by atoms with E-state index in [9.17, 15) is 17.6 Å². The van der Waals surface area contributed by atoms with Crippen LogP contribution in [0.3, 0.4) is 0 Å². The molecule has 0 atom stereocenters. The molecule has 1 aliphatic heterocycles. The molecular weight excluding hydrogens is 507 g/mol. The maximum atomic E-state index is 13.6. The summed E-state index contributed by atoms with van der Waals surface area (Å²) in [6.07, 6.45) is 0.919. The van der Waals surface area contributed by atoms with Crippen molar-refractivity contribution < 1.29 is 30.0 Å². The van der Waals surface area contributed by atoms with Crippen LogP contribution in [-0.2, 0) is 14.8 Å². The molecule has 1 aromatic carbocycles. The Morgan fingerprint density at radius 2 is 1.94 bits per heavy atom. The third-order valence-electron chi connectivity index (χ3n) is 5.50. The minimum absolute atomic E-state index is 0. The summed E-state index contributed by atoms with van der Waals surface area (Å²) in [7, 11) is 0.361. The molecule has 2 aromatic heterocycles. The highest BCUT2D eigenvalue weighted by molar-refractivity contribution is 7.91. The molecule has 33 heavy (non-hydrogen) atoms. The van der Waals surface area contributed by atoms with Crippen LogP contribution in [0.2, 0.25) is 0 Å². The van der Waals surface area contributed by atoms with Gasteiger partial charge in [0.2, 0.25) is 5.91 Å². The number of rotatable bonds is 7. The monoisotopic (exact) mass is 531 g/mol. The van der Waals surface area contributed by atoms with Gasteiger partial charge in [-0.05, 0) is 56.6 Å². The summed E-state index contributed by atoms with van der Waals surface area (Å²) >= 11 is 2.50. The maximum absolute atomic E-state index is 13.6. The Morgan fingerprint density at radius 1 is 1.21 bits per heavy atom. The molecule has 0 spiro atoms. The number of fused-ring (bicyclic) bond motifs is 1. The number of thiazole rings is 1. The summed E-state index contributed by atoms with van der Waals surface area (Å²) in [4.78, 5) is 21.7. The minimum Gasteiger partial charge on any atom is -1.00 e. The van der Waals surface area contributed by atoms with E-state index in [0.717, 1.165) is 0 Å². The van der Waals surface area contributed by atoms with Crippen molar-refractivity contribution in [3.8, 4) is 0 Å². The number of nitrogens with zero attached hydrogens (tertiary/aromatic N) is 4. The Balaban J connectivity index is 0.00000306.